The molecule has 0 spiro atoms. The highest BCUT2D eigenvalue weighted by Gasteiger charge is 2.15. The second-order valence-corrected chi connectivity index (χ2v) is 4.74. The fourth-order valence-corrected chi connectivity index (χ4v) is 2.09. The van der Waals surface area contributed by atoms with Gasteiger partial charge in [0.25, 0.3) is 5.56 Å². The summed E-state index contributed by atoms with van der Waals surface area (Å²) in [6, 6.07) is 7.94. The molecule has 7 heteroatoms. The predicted octanol–water partition coefficient (Wildman–Crippen LogP) is 2.02. The molecule has 1 aromatic heterocycles. The third kappa shape index (κ3) is 3.10. The quantitative estimate of drug-likeness (QED) is 0.864. The van der Waals surface area contributed by atoms with Gasteiger partial charge in [0.05, 0.1) is 24.9 Å². The maximum atomic E-state index is 12.0. The number of nitriles is 1. The first-order valence-electron chi connectivity index (χ1n) is 6.16. The van der Waals surface area contributed by atoms with E-state index in [0.717, 1.165) is 4.73 Å². The topological polar surface area (TPSA) is 81.3 Å². The number of carbonyl (C=O) groups excluding carboxylic acids is 1. The van der Waals surface area contributed by atoms with Gasteiger partial charge in [0.15, 0.2) is 0 Å². The number of carbonyl (C=O) groups is 1. The predicted molar refractivity (Wildman–Crippen MR) is 79.7 cm³/mol. The van der Waals surface area contributed by atoms with Gasteiger partial charge in [-0.05, 0) is 18.2 Å². The van der Waals surface area contributed by atoms with Crippen LogP contribution in [-0.4, -0.2) is 17.8 Å². The molecule has 0 aliphatic carbocycles. The smallest absolute Gasteiger partial charge is 0.330 e. The maximum absolute atomic E-state index is 12.0. The molecule has 0 aliphatic rings. The van der Waals surface area contributed by atoms with Crippen LogP contribution < -0.4 is 15.1 Å². The van der Waals surface area contributed by atoms with Crippen molar-refractivity contribution in [2.45, 2.75) is 6.92 Å². The van der Waals surface area contributed by atoms with Crippen LogP contribution in [0.3, 0.4) is 0 Å². The Morgan fingerprint density at radius 2 is 2.05 bits per heavy atom. The molecule has 22 heavy (non-hydrogen) atoms. The highest BCUT2D eigenvalue weighted by Crippen LogP contribution is 2.32. The number of aromatic nitrogens is 1. The van der Waals surface area contributed by atoms with E-state index < -0.39 is 11.5 Å². The molecule has 112 valence electrons. The minimum atomic E-state index is -0.641. The highest BCUT2D eigenvalue weighted by molar-refractivity contribution is 6.31. The Hall–Kier alpha value is -2.78. The standard InChI is InChI=1S/C15H11ClN2O4/c1-9(19)22-18-8-14(21-2)13(6-15(18)20)12-5-11(16)4-3-10(12)7-17/h3-6,8H,1-2H3. The summed E-state index contributed by atoms with van der Waals surface area (Å²) in [7, 11) is 1.40. The number of benzene rings is 1. The van der Waals surface area contributed by atoms with Crippen LogP contribution in [0.2, 0.25) is 5.02 Å². The monoisotopic (exact) mass is 318 g/mol. The Morgan fingerprint density at radius 3 is 2.64 bits per heavy atom. The molecule has 0 radical (unpaired) electrons. The largest absolute Gasteiger partial charge is 0.494 e. The van der Waals surface area contributed by atoms with E-state index in [-0.39, 0.29) is 5.75 Å². The van der Waals surface area contributed by atoms with Crippen molar-refractivity contribution in [2.24, 2.45) is 0 Å². The van der Waals surface area contributed by atoms with Crippen LogP contribution in [0, 0.1) is 11.3 Å². The summed E-state index contributed by atoms with van der Waals surface area (Å²) in [5.41, 5.74) is 0.607. The van der Waals surface area contributed by atoms with E-state index in [4.69, 9.17) is 21.2 Å². The molecular weight excluding hydrogens is 308 g/mol. The number of hydrogen-bond donors (Lipinski definition) is 0. The van der Waals surface area contributed by atoms with Crippen molar-refractivity contribution in [3.8, 4) is 22.9 Å². The molecule has 1 aromatic carbocycles. The van der Waals surface area contributed by atoms with Gasteiger partial charge in [-0.3, -0.25) is 4.79 Å². The van der Waals surface area contributed by atoms with Crippen molar-refractivity contribution in [2.75, 3.05) is 7.11 Å². The van der Waals surface area contributed by atoms with Crippen molar-refractivity contribution in [1.29, 1.82) is 5.26 Å². The summed E-state index contributed by atoms with van der Waals surface area (Å²) in [4.78, 5) is 27.8. The molecule has 0 N–H and O–H groups in total. The van der Waals surface area contributed by atoms with Crippen LogP contribution in [0.15, 0.2) is 35.3 Å². The number of nitrogens with zero attached hydrogens (tertiary/aromatic N) is 2. The van der Waals surface area contributed by atoms with Crippen molar-refractivity contribution in [3.05, 3.63) is 51.4 Å². The van der Waals surface area contributed by atoms with Gasteiger partial charge in [0, 0.05) is 29.1 Å². The van der Waals surface area contributed by atoms with Crippen LogP contribution in [0.4, 0.5) is 0 Å². The molecule has 0 aliphatic heterocycles. The summed E-state index contributed by atoms with van der Waals surface area (Å²) in [5, 5.41) is 9.61. The van der Waals surface area contributed by atoms with Crippen molar-refractivity contribution in [1.82, 2.24) is 4.73 Å². The van der Waals surface area contributed by atoms with Crippen molar-refractivity contribution >= 4 is 17.6 Å². The Morgan fingerprint density at radius 1 is 1.32 bits per heavy atom. The molecule has 0 atom stereocenters. The molecule has 0 saturated heterocycles. The van der Waals surface area contributed by atoms with Gasteiger partial charge in [0.1, 0.15) is 5.75 Å². The number of pyridine rings is 1. The zero-order chi connectivity index (χ0) is 16.3. The van der Waals surface area contributed by atoms with E-state index in [1.54, 1.807) is 18.2 Å². The van der Waals surface area contributed by atoms with Gasteiger partial charge < -0.3 is 9.57 Å². The summed E-state index contributed by atoms with van der Waals surface area (Å²) < 4.78 is 5.98. The number of ether oxygens (including phenoxy) is 1. The molecule has 0 fully saturated rings. The highest BCUT2D eigenvalue weighted by atomic mass is 35.5. The zero-order valence-electron chi connectivity index (χ0n) is 11.8. The van der Waals surface area contributed by atoms with E-state index in [1.807, 2.05) is 6.07 Å². The van der Waals surface area contributed by atoms with Gasteiger partial charge >= 0.3 is 5.97 Å². The first-order valence-corrected chi connectivity index (χ1v) is 6.53. The number of methoxy groups -OCH3 is 1. The lowest BCUT2D eigenvalue weighted by Crippen LogP contribution is -2.28. The maximum Gasteiger partial charge on any atom is 0.330 e. The van der Waals surface area contributed by atoms with E-state index in [1.165, 1.54) is 26.3 Å². The van der Waals surface area contributed by atoms with E-state index in [2.05, 4.69) is 0 Å². The second-order valence-electron chi connectivity index (χ2n) is 4.30. The fraction of sp³-hybridized carbons (Fsp3) is 0.133. The van der Waals surface area contributed by atoms with Crippen LogP contribution in [0.5, 0.6) is 5.75 Å². The number of hydrogen-bond acceptors (Lipinski definition) is 5. The van der Waals surface area contributed by atoms with Crippen LogP contribution in [0.25, 0.3) is 11.1 Å². The molecule has 6 nitrogen and oxygen atoms in total. The lowest BCUT2D eigenvalue weighted by molar-refractivity contribution is -0.141. The van der Waals surface area contributed by atoms with Crippen LogP contribution in [-0.2, 0) is 4.79 Å². The van der Waals surface area contributed by atoms with E-state index >= 15 is 0 Å². The van der Waals surface area contributed by atoms with E-state index in [9.17, 15) is 14.9 Å². The molecule has 2 rings (SSSR count). The van der Waals surface area contributed by atoms with Gasteiger partial charge in [0.2, 0.25) is 0 Å². The Kier molecular flexibility index (Phi) is 4.49. The summed E-state index contributed by atoms with van der Waals surface area (Å²) in [5.74, 6) is -0.378. The first kappa shape index (κ1) is 15.6. The molecular formula is C15H11ClN2O4. The molecule has 2 aromatic rings. The van der Waals surface area contributed by atoms with Gasteiger partial charge in [-0.25, -0.2) is 4.79 Å². The SMILES string of the molecule is COc1cn(OC(C)=O)c(=O)cc1-c1cc(Cl)ccc1C#N. The normalized spacial score (nSPS) is 9.91. The van der Waals surface area contributed by atoms with Gasteiger partial charge in [-0.1, -0.05) is 11.6 Å². The molecule has 1 heterocycles. The summed E-state index contributed by atoms with van der Waals surface area (Å²) in [6.07, 6.45) is 1.24. The Bertz CT molecular complexity index is 836. The molecule has 0 unspecified atom stereocenters. The average molecular weight is 319 g/mol. The second kappa shape index (κ2) is 6.33. The average Bonchev–Trinajstić information content (AvgIpc) is 2.48. The van der Waals surface area contributed by atoms with Gasteiger partial charge in [-0.15, -0.1) is 4.73 Å². The third-order valence-corrected chi connectivity index (χ3v) is 3.06. The number of rotatable bonds is 3. The zero-order valence-corrected chi connectivity index (χ0v) is 12.5. The molecule has 0 saturated carbocycles. The van der Waals surface area contributed by atoms with Gasteiger partial charge in [-0.2, -0.15) is 5.26 Å². The molecule has 0 amide bonds. The lowest BCUT2D eigenvalue weighted by atomic mass is 10.0. The van der Waals surface area contributed by atoms with Crippen LogP contribution >= 0.6 is 11.6 Å². The minimum absolute atomic E-state index is 0.264. The first-order chi connectivity index (χ1) is 10.5. The number of halogens is 1. The lowest BCUT2D eigenvalue weighted by Gasteiger charge is -2.12. The fourth-order valence-electron chi connectivity index (χ4n) is 1.92. The summed E-state index contributed by atoms with van der Waals surface area (Å²) in [6.45, 7) is 1.18. The van der Waals surface area contributed by atoms with Crippen LogP contribution in [0.1, 0.15) is 12.5 Å². The van der Waals surface area contributed by atoms with Crippen molar-refractivity contribution < 1.29 is 14.4 Å². The summed E-state index contributed by atoms with van der Waals surface area (Å²) >= 11 is 5.96. The minimum Gasteiger partial charge on any atom is -0.494 e. The van der Waals surface area contributed by atoms with Crippen molar-refractivity contribution in [3.63, 3.8) is 0 Å². The Labute approximate surface area is 131 Å². The Balaban J connectivity index is 2.69. The third-order valence-electron chi connectivity index (χ3n) is 2.82. The molecule has 0 bridgehead atoms. The van der Waals surface area contributed by atoms with E-state index in [0.29, 0.717) is 21.7 Å².